The van der Waals surface area contributed by atoms with E-state index < -0.39 is 12.3 Å². The molecule has 2 rings (SSSR count). The van der Waals surface area contributed by atoms with Crippen molar-refractivity contribution in [1.82, 2.24) is 15.3 Å². The van der Waals surface area contributed by atoms with Gasteiger partial charge in [0.25, 0.3) is 0 Å². The Morgan fingerprint density at radius 1 is 1.47 bits per heavy atom. The number of aryl methyl sites for hydroxylation is 1. The fourth-order valence-corrected chi connectivity index (χ4v) is 1.46. The average molecular weight is 211 g/mol. The Morgan fingerprint density at radius 3 is 2.73 bits per heavy atom. The summed E-state index contributed by atoms with van der Waals surface area (Å²) in [5.41, 5.74) is 1.05. The van der Waals surface area contributed by atoms with Gasteiger partial charge in [0.1, 0.15) is 6.10 Å². The second-order valence-corrected chi connectivity index (χ2v) is 3.56. The van der Waals surface area contributed by atoms with Gasteiger partial charge in [0.15, 0.2) is 6.17 Å². The molecule has 2 atom stereocenters. The highest BCUT2D eigenvalue weighted by Crippen LogP contribution is 2.12. The second kappa shape index (κ2) is 4.53. The molecule has 2 heterocycles. The number of aromatic nitrogens is 2. The molecule has 0 saturated carbocycles. The highest BCUT2D eigenvalue weighted by molar-refractivity contribution is 5.07. The van der Waals surface area contributed by atoms with Gasteiger partial charge in [0, 0.05) is 25.5 Å². The molecular formula is C10H14FN3O. The van der Waals surface area contributed by atoms with Crippen LogP contribution in [0.15, 0.2) is 12.4 Å². The van der Waals surface area contributed by atoms with Crippen LogP contribution in [0, 0.1) is 0 Å². The number of hydrogen-bond acceptors (Lipinski definition) is 4. The van der Waals surface area contributed by atoms with E-state index in [0.29, 0.717) is 13.1 Å². The van der Waals surface area contributed by atoms with Gasteiger partial charge in [-0.2, -0.15) is 0 Å². The molecule has 82 valence electrons. The highest BCUT2D eigenvalue weighted by Gasteiger charge is 2.29. The Bertz CT molecular complexity index is 317. The van der Waals surface area contributed by atoms with Crippen molar-refractivity contribution in [3.8, 4) is 6.01 Å². The summed E-state index contributed by atoms with van der Waals surface area (Å²) in [5.74, 6) is 0. The molecule has 1 aliphatic heterocycles. The third-order valence-corrected chi connectivity index (χ3v) is 2.43. The Labute approximate surface area is 87.9 Å². The van der Waals surface area contributed by atoms with Gasteiger partial charge < -0.3 is 10.1 Å². The van der Waals surface area contributed by atoms with Crippen LogP contribution in [-0.2, 0) is 6.42 Å². The number of nitrogens with one attached hydrogen (secondary N) is 1. The first-order valence-electron chi connectivity index (χ1n) is 5.12. The molecule has 4 nitrogen and oxygen atoms in total. The summed E-state index contributed by atoms with van der Waals surface area (Å²) in [6, 6.07) is 0.253. The van der Waals surface area contributed by atoms with Crippen molar-refractivity contribution < 1.29 is 9.13 Å². The molecule has 1 aliphatic rings. The van der Waals surface area contributed by atoms with Crippen LogP contribution in [0.4, 0.5) is 4.39 Å². The van der Waals surface area contributed by atoms with Gasteiger partial charge in [-0.15, -0.1) is 0 Å². The van der Waals surface area contributed by atoms with Gasteiger partial charge in [0.05, 0.1) is 0 Å². The molecule has 1 aromatic heterocycles. The van der Waals surface area contributed by atoms with E-state index >= 15 is 0 Å². The fourth-order valence-electron chi connectivity index (χ4n) is 1.46. The molecule has 0 aliphatic carbocycles. The molecular weight excluding hydrogens is 197 g/mol. The predicted molar refractivity (Wildman–Crippen MR) is 53.6 cm³/mol. The van der Waals surface area contributed by atoms with E-state index in [1.807, 2.05) is 6.92 Å². The Hall–Kier alpha value is -1.23. The zero-order valence-electron chi connectivity index (χ0n) is 8.61. The summed E-state index contributed by atoms with van der Waals surface area (Å²) in [4.78, 5) is 8.04. The van der Waals surface area contributed by atoms with Crippen LogP contribution in [0.3, 0.4) is 0 Å². The van der Waals surface area contributed by atoms with Crippen LogP contribution < -0.4 is 10.1 Å². The van der Waals surface area contributed by atoms with Crippen LogP contribution in [0.1, 0.15) is 12.5 Å². The Balaban J connectivity index is 1.98. The first-order chi connectivity index (χ1) is 7.29. The summed E-state index contributed by atoms with van der Waals surface area (Å²) in [7, 11) is 0. The number of alkyl halides is 1. The van der Waals surface area contributed by atoms with Crippen LogP contribution in [-0.4, -0.2) is 35.3 Å². The molecule has 1 N–H and O–H groups in total. The quantitative estimate of drug-likeness (QED) is 0.800. The lowest BCUT2D eigenvalue weighted by Crippen LogP contribution is -2.27. The smallest absolute Gasteiger partial charge is 0.316 e. The summed E-state index contributed by atoms with van der Waals surface area (Å²) in [6.45, 7) is 2.88. The van der Waals surface area contributed by atoms with Gasteiger partial charge in [-0.05, 0) is 12.0 Å². The lowest BCUT2D eigenvalue weighted by atomic mass is 10.3. The normalized spacial score (nSPS) is 25.5. The number of hydrogen-bond donors (Lipinski definition) is 1. The molecule has 1 saturated heterocycles. The van der Waals surface area contributed by atoms with Crippen LogP contribution >= 0.6 is 0 Å². The van der Waals surface area contributed by atoms with Crippen molar-refractivity contribution in [2.75, 3.05) is 13.1 Å². The lowest BCUT2D eigenvalue weighted by Gasteiger charge is -2.12. The summed E-state index contributed by atoms with van der Waals surface area (Å²) in [5, 5.41) is 2.91. The molecule has 0 bridgehead atoms. The van der Waals surface area contributed by atoms with Crippen LogP contribution in [0.5, 0.6) is 6.01 Å². The first kappa shape index (κ1) is 10.3. The molecule has 1 aromatic rings. The van der Waals surface area contributed by atoms with E-state index in [4.69, 9.17) is 4.74 Å². The monoisotopic (exact) mass is 211 g/mol. The maximum absolute atomic E-state index is 13.2. The SMILES string of the molecule is CCc1cnc(OC2CNCC2F)nc1. The van der Waals surface area contributed by atoms with Gasteiger partial charge in [-0.25, -0.2) is 14.4 Å². The van der Waals surface area contributed by atoms with E-state index in [1.54, 1.807) is 12.4 Å². The zero-order chi connectivity index (χ0) is 10.7. The second-order valence-electron chi connectivity index (χ2n) is 3.56. The molecule has 1 fully saturated rings. The minimum atomic E-state index is -0.973. The van der Waals surface area contributed by atoms with Gasteiger partial charge in [0.2, 0.25) is 0 Å². The predicted octanol–water partition coefficient (Wildman–Crippen LogP) is 0.728. The van der Waals surface area contributed by atoms with Gasteiger partial charge in [-0.3, -0.25) is 0 Å². The van der Waals surface area contributed by atoms with E-state index in [0.717, 1.165) is 12.0 Å². The number of halogens is 1. The van der Waals surface area contributed by atoms with Crippen molar-refractivity contribution in [3.05, 3.63) is 18.0 Å². The molecule has 5 heteroatoms. The average Bonchev–Trinajstić information content (AvgIpc) is 2.66. The zero-order valence-corrected chi connectivity index (χ0v) is 8.61. The third kappa shape index (κ3) is 2.41. The largest absolute Gasteiger partial charge is 0.456 e. The molecule has 2 unspecified atom stereocenters. The van der Waals surface area contributed by atoms with Crippen molar-refractivity contribution >= 4 is 0 Å². The fraction of sp³-hybridized carbons (Fsp3) is 0.600. The topological polar surface area (TPSA) is 47.0 Å². The highest BCUT2D eigenvalue weighted by atomic mass is 19.1. The van der Waals surface area contributed by atoms with Crippen molar-refractivity contribution in [1.29, 1.82) is 0 Å². The van der Waals surface area contributed by atoms with Gasteiger partial charge in [-0.1, -0.05) is 6.92 Å². The van der Waals surface area contributed by atoms with Crippen molar-refractivity contribution in [2.45, 2.75) is 25.6 Å². The van der Waals surface area contributed by atoms with Crippen molar-refractivity contribution in [2.24, 2.45) is 0 Å². The van der Waals surface area contributed by atoms with E-state index in [9.17, 15) is 4.39 Å². The number of nitrogens with zero attached hydrogens (tertiary/aromatic N) is 2. The number of ether oxygens (including phenoxy) is 1. The van der Waals surface area contributed by atoms with Crippen LogP contribution in [0.25, 0.3) is 0 Å². The lowest BCUT2D eigenvalue weighted by molar-refractivity contribution is 0.128. The maximum Gasteiger partial charge on any atom is 0.316 e. The van der Waals surface area contributed by atoms with Crippen molar-refractivity contribution in [3.63, 3.8) is 0 Å². The molecule has 0 radical (unpaired) electrons. The van der Waals surface area contributed by atoms with Crippen LogP contribution in [0.2, 0.25) is 0 Å². The maximum atomic E-state index is 13.2. The number of rotatable bonds is 3. The minimum Gasteiger partial charge on any atom is -0.456 e. The first-order valence-corrected chi connectivity index (χ1v) is 5.12. The summed E-state index contributed by atoms with van der Waals surface area (Å²) >= 11 is 0. The molecule has 0 aromatic carbocycles. The Morgan fingerprint density at radius 2 is 2.20 bits per heavy atom. The third-order valence-electron chi connectivity index (χ3n) is 2.43. The Kier molecular flexibility index (Phi) is 3.11. The minimum absolute atomic E-state index is 0.253. The summed E-state index contributed by atoms with van der Waals surface area (Å²) < 4.78 is 18.5. The molecule has 0 amide bonds. The van der Waals surface area contributed by atoms with E-state index in [1.165, 1.54) is 0 Å². The van der Waals surface area contributed by atoms with E-state index in [2.05, 4.69) is 15.3 Å². The van der Waals surface area contributed by atoms with Gasteiger partial charge >= 0.3 is 6.01 Å². The van der Waals surface area contributed by atoms with E-state index in [-0.39, 0.29) is 6.01 Å². The molecule has 0 spiro atoms. The standard InChI is InChI=1S/C10H14FN3O/c1-2-7-3-13-10(14-4-7)15-9-6-12-5-8(9)11/h3-4,8-9,12H,2,5-6H2,1H3. The summed E-state index contributed by atoms with van der Waals surface area (Å²) in [6.07, 6.45) is 2.87. The molecule has 15 heavy (non-hydrogen) atoms.